The number of carbonyl (C=O) groups is 1. The van der Waals surface area contributed by atoms with E-state index in [0.29, 0.717) is 23.0 Å². The van der Waals surface area contributed by atoms with Gasteiger partial charge in [0.1, 0.15) is 0 Å². The molecule has 0 bridgehead atoms. The van der Waals surface area contributed by atoms with Crippen LogP contribution in [0.15, 0.2) is 35.3 Å². The lowest BCUT2D eigenvalue weighted by atomic mass is 10.1. The molecule has 136 valence electrons. The summed E-state index contributed by atoms with van der Waals surface area (Å²) in [5.41, 5.74) is 2.53. The molecule has 0 spiro atoms. The van der Waals surface area contributed by atoms with Gasteiger partial charge in [0.2, 0.25) is 0 Å². The van der Waals surface area contributed by atoms with Crippen LogP contribution >= 0.6 is 0 Å². The number of hydrogen-bond donors (Lipinski definition) is 1. The Balaban J connectivity index is 2.15. The first-order chi connectivity index (χ1) is 12.3. The van der Waals surface area contributed by atoms with Gasteiger partial charge in [-0.15, -0.1) is 0 Å². The molecule has 0 saturated carbocycles. The third-order valence-corrected chi connectivity index (χ3v) is 4.86. The average Bonchev–Trinajstić information content (AvgIpc) is 2.61. The summed E-state index contributed by atoms with van der Waals surface area (Å²) in [5.74, 6) is -0.222. The van der Waals surface area contributed by atoms with E-state index in [1.165, 1.54) is 4.57 Å². The van der Waals surface area contributed by atoms with Crippen molar-refractivity contribution in [2.24, 2.45) is 7.05 Å². The summed E-state index contributed by atoms with van der Waals surface area (Å²) < 4.78 is 1.44. The number of nitrogens with zero attached hydrogens (tertiary/aromatic N) is 3. The van der Waals surface area contributed by atoms with E-state index in [-0.39, 0.29) is 17.5 Å². The van der Waals surface area contributed by atoms with Gasteiger partial charge in [0.05, 0.1) is 22.0 Å². The smallest absolute Gasteiger partial charge is 0.259 e. The minimum absolute atomic E-state index is 0.158. The van der Waals surface area contributed by atoms with Crippen molar-refractivity contribution >= 4 is 27.7 Å². The molecule has 0 unspecified atom stereocenters. The number of likely N-dealkylation sites (N-methyl/N-ethyl adjacent to an activating group) is 1. The van der Waals surface area contributed by atoms with Gasteiger partial charge in [0, 0.05) is 31.2 Å². The molecule has 3 aromatic rings. The molecule has 1 atom stereocenters. The van der Waals surface area contributed by atoms with Gasteiger partial charge in [0.25, 0.3) is 11.5 Å². The summed E-state index contributed by atoms with van der Waals surface area (Å²) in [4.78, 5) is 32.1. The van der Waals surface area contributed by atoms with E-state index < -0.39 is 0 Å². The number of para-hydroxylation sites is 1. The highest BCUT2D eigenvalue weighted by Crippen LogP contribution is 2.22. The van der Waals surface area contributed by atoms with Crippen LogP contribution in [0.4, 0.5) is 0 Å². The molecule has 1 amide bonds. The molecule has 0 aliphatic heterocycles. The van der Waals surface area contributed by atoms with Gasteiger partial charge in [0.15, 0.2) is 0 Å². The predicted octanol–water partition coefficient (Wildman–Crippen LogP) is 2.08. The zero-order chi connectivity index (χ0) is 19.0. The number of rotatable bonds is 4. The second kappa shape index (κ2) is 6.88. The molecule has 2 heterocycles. The van der Waals surface area contributed by atoms with E-state index in [1.54, 1.807) is 13.2 Å². The first-order valence-corrected chi connectivity index (χ1v) is 8.64. The summed E-state index contributed by atoms with van der Waals surface area (Å²) in [7, 11) is 5.59. The fourth-order valence-corrected chi connectivity index (χ4v) is 2.90. The molecule has 0 fully saturated rings. The highest BCUT2D eigenvalue weighted by molar-refractivity contribution is 6.07. The first-order valence-electron chi connectivity index (χ1n) is 8.64. The second-order valence-electron chi connectivity index (χ2n) is 7.01. The molecule has 6 heteroatoms. The van der Waals surface area contributed by atoms with Crippen LogP contribution in [-0.4, -0.2) is 47.0 Å². The monoisotopic (exact) mass is 352 g/mol. The predicted molar refractivity (Wildman–Crippen MR) is 105 cm³/mol. The SMILES string of the molecule is Cc1cccc2cc3c(=O)n(C)cc(C(=O)NC[C@H](C)N(C)C)c3nc12. The van der Waals surface area contributed by atoms with Crippen molar-refractivity contribution in [1.82, 2.24) is 19.8 Å². The molecule has 2 aromatic heterocycles. The van der Waals surface area contributed by atoms with Crippen molar-refractivity contribution in [1.29, 1.82) is 0 Å². The number of aromatic nitrogens is 2. The van der Waals surface area contributed by atoms with Crippen LogP contribution in [-0.2, 0) is 7.05 Å². The Labute approximate surface area is 152 Å². The summed E-state index contributed by atoms with van der Waals surface area (Å²) in [6.45, 7) is 4.53. The number of nitrogens with one attached hydrogen (secondary N) is 1. The van der Waals surface area contributed by atoms with Gasteiger partial charge < -0.3 is 14.8 Å². The lowest BCUT2D eigenvalue weighted by Gasteiger charge is -2.20. The molecule has 1 aromatic carbocycles. The van der Waals surface area contributed by atoms with Crippen molar-refractivity contribution in [3.63, 3.8) is 0 Å². The fraction of sp³-hybridized carbons (Fsp3) is 0.350. The molecular weight excluding hydrogens is 328 g/mol. The zero-order valence-electron chi connectivity index (χ0n) is 15.8. The van der Waals surface area contributed by atoms with Crippen LogP contribution < -0.4 is 10.9 Å². The van der Waals surface area contributed by atoms with Gasteiger partial charge >= 0.3 is 0 Å². The Bertz CT molecular complexity index is 1050. The third kappa shape index (κ3) is 3.20. The van der Waals surface area contributed by atoms with E-state index in [1.807, 2.05) is 57.1 Å². The van der Waals surface area contributed by atoms with E-state index >= 15 is 0 Å². The summed E-state index contributed by atoms with van der Waals surface area (Å²) in [6.07, 6.45) is 1.57. The van der Waals surface area contributed by atoms with E-state index in [2.05, 4.69) is 10.3 Å². The van der Waals surface area contributed by atoms with Crippen LogP contribution in [0.1, 0.15) is 22.8 Å². The Morgan fingerprint density at radius 2 is 2.04 bits per heavy atom. The average molecular weight is 352 g/mol. The lowest BCUT2D eigenvalue weighted by Crippen LogP contribution is -2.38. The molecule has 6 nitrogen and oxygen atoms in total. The van der Waals surface area contributed by atoms with Crippen LogP contribution in [0.2, 0.25) is 0 Å². The number of amides is 1. The number of fused-ring (bicyclic) bond motifs is 2. The third-order valence-electron chi connectivity index (χ3n) is 4.86. The minimum atomic E-state index is -0.222. The maximum atomic E-state index is 12.8. The van der Waals surface area contributed by atoms with Gasteiger partial charge in [-0.3, -0.25) is 9.59 Å². The quantitative estimate of drug-likeness (QED) is 0.730. The molecule has 3 rings (SSSR count). The van der Waals surface area contributed by atoms with Crippen LogP contribution in [0, 0.1) is 6.92 Å². The van der Waals surface area contributed by atoms with E-state index in [9.17, 15) is 9.59 Å². The Morgan fingerprint density at radius 1 is 1.31 bits per heavy atom. The Hall–Kier alpha value is -2.73. The van der Waals surface area contributed by atoms with Crippen LogP contribution in [0.25, 0.3) is 21.8 Å². The largest absolute Gasteiger partial charge is 0.350 e. The topological polar surface area (TPSA) is 67.2 Å². The first kappa shape index (κ1) is 18.1. The lowest BCUT2D eigenvalue weighted by molar-refractivity contribution is 0.0944. The Kier molecular flexibility index (Phi) is 4.78. The number of aryl methyl sites for hydroxylation is 2. The zero-order valence-corrected chi connectivity index (χ0v) is 15.8. The van der Waals surface area contributed by atoms with Gasteiger partial charge in [-0.1, -0.05) is 18.2 Å². The highest BCUT2D eigenvalue weighted by Gasteiger charge is 2.17. The maximum absolute atomic E-state index is 12.8. The Morgan fingerprint density at radius 3 is 2.73 bits per heavy atom. The van der Waals surface area contributed by atoms with Crippen molar-refractivity contribution in [3.8, 4) is 0 Å². The summed E-state index contributed by atoms with van der Waals surface area (Å²) in [6, 6.07) is 7.87. The molecular formula is C20H24N4O2. The van der Waals surface area contributed by atoms with Gasteiger partial charge in [-0.25, -0.2) is 4.98 Å². The standard InChI is InChI=1S/C20H24N4O2/c1-12-7-6-8-14-9-15-18(22-17(12)14)16(11-24(5)20(15)26)19(25)21-10-13(2)23(3)4/h6-9,11,13H,10H2,1-5H3,(H,21,25)/t13-/m0/s1. The van der Waals surface area contributed by atoms with Crippen molar-refractivity contribution < 1.29 is 4.79 Å². The van der Waals surface area contributed by atoms with Crippen LogP contribution in [0.3, 0.4) is 0 Å². The van der Waals surface area contributed by atoms with Crippen molar-refractivity contribution in [2.45, 2.75) is 19.9 Å². The molecule has 0 radical (unpaired) electrons. The minimum Gasteiger partial charge on any atom is -0.350 e. The highest BCUT2D eigenvalue weighted by atomic mass is 16.2. The van der Waals surface area contributed by atoms with Crippen molar-refractivity contribution in [2.75, 3.05) is 20.6 Å². The normalized spacial score (nSPS) is 12.7. The molecule has 0 aliphatic carbocycles. The van der Waals surface area contributed by atoms with Crippen LogP contribution in [0.5, 0.6) is 0 Å². The second-order valence-corrected chi connectivity index (χ2v) is 7.01. The number of benzene rings is 1. The van der Waals surface area contributed by atoms with E-state index in [0.717, 1.165) is 16.5 Å². The van der Waals surface area contributed by atoms with Gasteiger partial charge in [-0.2, -0.15) is 0 Å². The van der Waals surface area contributed by atoms with Gasteiger partial charge in [-0.05, 0) is 39.6 Å². The number of hydrogen-bond acceptors (Lipinski definition) is 4. The number of carbonyl (C=O) groups excluding carboxylic acids is 1. The van der Waals surface area contributed by atoms with E-state index in [4.69, 9.17) is 0 Å². The molecule has 1 N–H and O–H groups in total. The van der Waals surface area contributed by atoms with Crippen molar-refractivity contribution in [3.05, 3.63) is 51.9 Å². The molecule has 26 heavy (non-hydrogen) atoms. The maximum Gasteiger partial charge on any atom is 0.259 e. The molecule has 0 aliphatic rings. The fourth-order valence-electron chi connectivity index (χ4n) is 2.90. The summed E-state index contributed by atoms with van der Waals surface area (Å²) >= 11 is 0. The molecule has 0 saturated heterocycles. The number of pyridine rings is 2. The summed E-state index contributed by atoms with van der Waals surface area (Å²) in [5, 5.41) is 4.30.